The Hall–Kier alpha value is -1.93. The summed E-state index contributed by atoms with van der Waals surface area (Å²) in [6.07, 6.45) is 5.13. The lowest BCUT2D eigenvalue weighted by molar-refractivity contribution is -0.137. The Balaban J connectivity index is 1.63. The van der Waals surface area contributed by atoms with Crippen molar-refractivity contribution in [3.05, 3.63) is 29.8 Å². The first kappa shape index (κ1) is 25.7. The second-order valence-corrected chi connectivity index (χ2v) is 12.4. The number of nitrogens with zero attached hydrogens (tertiary/aromatic N) is 1. The van der Waals surface area contributed by atoms with Crippen LogP contribution in [0.1, 0.15) is 78.2 Å². The average molecular weight is 478 g/mol. The van der Waals surface area contributed by atoms with E-state index in [4.69, 9.17) is 0 Å². The van der Waals surface area contributed by atoms with E-state index in [0.717, 1.165) is 24.8 Å². The Morgan fingerprint density at radius 3 is 2.12 bits per heavy atom. The fraction of sp³-hybridized carbons (Fsp3) is 0.680. The highest BCUT2D eigenvalue weighted by Gasteiger charge is 2.42. The summed E-state index contributed by atoms with van der Waals surface area (Å²) in [5, 5.41) is 5.95. The number of piperidine rings is 1. The van der Waals surface area contributed by atoms with Gasteiger partial charge >= 0.3 is 0 Å². The van der Waals surface area contributed by atoms with E-state index in [-0.39, 0.29) is 28.0 Å². The minimum absolute atomic E-state index is 0.0439. The molecule has 1 aromatic carbocycles. The summed E-state index contributed by atoms with van der Waals surface area (Å²) < 4.78 is 27.7. The Kier molecular flexibility index (Phi) is 7.89. The average Bonchev–Trinajstić information content (AvgIpc) is 2.79. The summed E-state index contributed by atoms with van der Waals surface area (Å²) in [6.45, 7) is 9.29. The minimum Gasteiger partial charge on any atom is -0.354 e. The molecule has 0 radical (unpaired) electrons. The third-order valence-corrected chi connectivity index (χ3v) is 8.94. The van der Waals surface area contributed by atoms with Gasteiger partial charge in [-0.05, 0) is 55.7 Å². The van der Waals surface area contributed by atoms with Gasteiger partial charge in [0.2, 0.25) is 21.8 Å². The highest BCUT2D eigenvalue weighted by molar-refractivity contribution is 7.89. The molecular formula is C25H39N3O4S. The van der Waals surface area contributed by atoms with Crippen LogP contribution in [-0.2, 0) is 25.0 Å². The van der Waals surface area contributed by atoms with Gasteiger partial charge in [-0.1, -0.05) is 52.2 Å². The molecule has 2 aliphatic rings. The van der Waals surface area contributed by atoms with E-state index in [9.17, 15) is 18.0 Å². The van der Waals surface area contributed by atoms with E-state index >= 15 is 0 Å². The molecule has 1 aromatic rings. The van der Waals surface area contributed by atoms with Crippen LogP contribution in [0.3, 0.4) is 0 Å². The van der Waals surface area contributed by atoms with Crippen molar-refractivity contribution < 1.29 is 18.0 Å². The van der Waals surface area contributed by atoms with E-state index in [2.05, 4.69) is 31.4 Å². The van der Waals surface area contributed by atoms with Gasteiger partial charge in [-0.3, -0.25) is 9.59 Å². The molecule has 1 saturated heterocycles. The first-order chi connectivity index (χ1) is 15.5. The van der Waals surface area contributed by atoms with Gasteiger partial charge in [-0.15, -0.1) is 0 Å². The molecule has 0 atom stereocenters. The fourth-order valence-corrected chi connectivity index (χ4v) is 6.34. The van der Waals surface area contributed by atoms with E-state index < -0.39 is 15.6 Å². The molecule has 33 heavy (non-hydrogen) atoms. The lowest BCUT2D eigenvalue weighted by Crippen LogP contribution is -2.61. The predicted molar refractivity (Wildman–Crippen MR) is 129 cm³/mol. The normalized spacial score (nSPS) is 20.2. The van der Waals surface area contributed by atoms with Gasteiger partial charge < -0.3 is 10.6 Å². The molecule has 1 heterocycles. The Labute approximate surface area is 198 Å². The number of nitrogens with one attached hydrogen (secondary N) is 2. The topological polar surface area (TPSA) is 95.6 Å². The molecule has 184 valence electrons. The highest BCUT2D eigenvalue weighted by atomic mass is 32.2. The summed E-state index contributed by atoms with van der Waals surface area (Å²) in [6, 6.07) is 7.10. The van der Waals surface area contributed by atoms with Crippen molar-refractivity contribution in [2.45, 2.75) is 88.5 Å². The van der Waals surface area contributed by atoms with Crippen LogP contribution in [0.25, 0.3) is 0 Å². The SMILES string of the molecule is CCNC(=O)C1(NC(=O)C2CCN(S(=O)(=O)c3ccc(C(C)(C)C)cc3)CC2)CCCCC1. The van der Waals surface area contributed by atoms with Crippen LogP contribution < -0.4 is 10.6 Å². The second-order valence-electron chi connectivity index (χ2n) is 10.4. The molecule has 1 aliphatic carbocycles. The lowest BCUT2D eigenvalue weighted by Gasteiger charge is -2.38. The number of sulfonamides is 1. The van der Waals surface area contributed by atoms with Crippen molar-refractivity contribution in [1.29, 1.82) is 0 Å². The maximum absolute atomic E-state index is 13.1. The zero-order valence-corrected chi connectivity index (χ0v) is 21.3. The molecule has 0 bridgehead atoms. The van der Waals surface area contributed by atoms with Gasteiger partial charge in [0.15, 0.2) is 0 Å². The molecule has 7 nitrogen and oxygen atoms in total. The predicted octanol–water partition coefficient (Wildman–Crippen LogP) is 3.34. The largest absolute Gasteiger partial charge is 0.354 e. The lowest BCUT2D eigenvalue weighted by atomic mass is 9.80. The minimum atomic E-state index is -3.60. The van der Waals surface area contributed by atoms with Gasteiger partial charge in [-0.25, -0.2) is 8.42 Å². The summed E-state index contributed by atoms with van der Waals surface area (Å²) in [5.41, 5.74) is 0.210. The number of rotatable bonds is 6. The molecule has 1 aliphatic heterocycles. The number of carbonyl (C=O) groups excluding carboxylic acids is 2. The zero-order valence-electron chi connectivity index (χ0n) is 20.4. The van der Waals surface area contributed by atoms with Gasteiger partial charge in [0.05, 0.1) is 4.90 Å². The van der Waals surface area contributed by atoms with Crippen molar-refractivity contribution in [2.75, 3.05) is 19.6 Å². The van der Waals surface area contributed by atoms with Crippen LogP contribution >= 0.6 is 0 Å². The number of hydrogen-bond acceptors (Lipinski definition) is 4. The molecule has 2 amide bonds. The number of carbonyl (C=O) groups is 2. The second kappa shape index (κ2) is 10.1. The summed E-state index contributed by atoms with van der Waals surface area (Å²) in [5.74, 6) is -0.514. The standard InChI is InChI=1S/C25H39N3O4S/c1-5-26-23(30)25(15-7-6-8-16-25)27-22(29)19-13-17-28(18-14-19)33(31,32)21-11-9-20(10-12-21)24(2,3)4/h9-12,19H,5-8,13-18H2,1-4H3,(H,26,30)(H,27,29). The number of amides is 2. The molecule has 0 aromatic heterocycles. The van der Waals surface area contributed by atoms with Crippen molar-refractivity contribution in [1.82, 2.24) is 14.9 Å². The fourth-order valence-electron chi connectivity index (χ4n) is 4.87. The first-order valence-corrected chi connectivity index (χ1v) is 13.6. The number of benzene rings is 1. The van der Waals surface area contributed by atoms with Crippen LogP contribution in [0.15, 0.2) is 29.2 Å². The molecule has 2 N–H and O–H groups in total. The molecule has 3 rings (SSSR count). The Bertz CT molecular complexity index is 937. The monoisotopic (exact) mass is 477 g/mol. The van der Waals surface area contributed by atoms with Crippen molar-refractivity contribution in [2.24, 2.45) is 5.92 Å². The molecule has 1 saturated carbocycles. The van der Waals surface area contributed by atoms with Crippen LogP contribution in [0.5, 0.6) is 0 Å². The van der Waals surface area contributed by atoms with Crippen LogP contribution in [0.2, 0.25) is 0 Å². The van der Waals surface area contributed by atoms with Crippen molar-refractivity contribution in [3.8, 4) is 0 Å². The van der Waals surface area contributed by atoms with Crippen molar-refractivity contribution >= 4 is 21.8 Å². The van der Waals surface area contributed by atoms with E-state index in [0.29, 0.717) is 45.3 Å². The van der Waals surface area contributed by atoms with Crippen molar-refractivity contribution in [3.63, 3.8) is 0 Å². The summed E-state index contributed by atoms with van der Waals surface area (Å²) in [4.78, 5) is 26.1. The van der Waals surface area contributed by atoms with Gasteiger partial charge in [0, 0.05) is 25.6 Å². The van der Waals surface area contributed by atoms with Gasteiger partial charge in [0.25, 0.3) is 0 Å². The molecule has 0 unspecified atom stereocenters. The smallest absolute Gasteiger partial charge is 0.245 e. The molecule has 8 heteroatoms. The number of hydrogen-bond donors (Lipinski definition) is 2. The molecular weight excluding hydrogens is 438 g/mol. The van der Waals surface area contributed by atoms with E-state index in [1.165, 1.54) is 4.31 Å². The van der Waals surface area contributed by atoms with Crippen LogP contribution in [0.4, 0.5) is 0 Å². The molecule has 0 spiro atoms. The third kappa shape index (κ3) is 5.77. The third-order valence-electron chi connectivity index (χ3n) is 7.02. The maximum atomic E-state index is 13.1. The quantitative estimate of drug-likeness (QED) is 0.657. The van der Waals surface area contributed by atoms with Crippen LogP contribution in [-0.4, -0.2) is 49.7 Å². The number of likely N-dealkylation sites (N-methyl/N-ethyl adjacent to an activating group) is 1. The van der Waals surface area contributed by atoms with Crippen LogP contribution in [0, 0.1) is 5.92 Å². The Morgan fingerprint density at radius 1 is 1.03 bits per heavy atom. The summed E-state index contributed by atoms with van der Waals surface area (Å²) in [7, 11) is -3.60. The van der Waals surface area contributed by atoms with Gasteiger partial charge in [0.1, 0.15) is 5.54 Å². The molecule has 2 fully saturated rings. The zero-order chi connectivity index (χ0) is 24.3. The first-order valence-electron chi connectivity index (χ1n) is 12.2. The highest BCUT2D eigenvalue weighted by Crippen LogP contribution is 2.31. The van der Waals surface area contributed by atoms with Gasteiger partial charge in [-0.2, -0.15) is 4.31 Å². The maximum Gasteiger partial charge on any atom is 0.245 e. The van der Waals surface area contributed by atoms with E-state index in [1.54, 1.807) is 12.1 Å². The summed E-state index contributed by atoms with van der Waals surface area (Å²) >= 11 is 0. The Morgan fingerprint density at radius 2 is 1.61 bits per heavy atom. The van der Waals surface area contributed by atoms with E-state index in [1.807, 2.05) is 19.1 Å².